The minimum atomic E-state index is -2.23. The molecule has 0 bridgehead atoms. The Morgan fingerprint density at radius 3 is 2.23 bits per heavy atom. The van der Waals surface area contributed by atoms with Gasteiger partial charge in [0, 0.05) is 13.1 Å². The van der Waals surface area contributed by atoms with Crippen molar-refractivity contribution in [3.63, 3.8) is 0 Å². The van der Waals surface area contributed by atoms with Crippen LogP contribution >= 0.6 is 0 Å². The predicted octanol–water partition coefficient (Wildman–Crippen LogP) is 3.54. The average Bonchev–Trinajstić information content (AvgIpc) is 2.61. The van der Waals surface area contributed by atoms with E-state index in [1.165, 1.54) is 16.7 Å². The van der Waals surface area contributed by atoms with Crippen LogP contribution in [0, 0.1) is 0 Å². The van der Waals surface area contributed by atoms with Crippen LogP contribution in [0.1, 0.15) is 40.2 Å². The second-order valence-electron chi connectivity index (χ2n) is 9.15. The maximum atomic E-state index is 13.5. The zero-order valence-electron chi connectivity index (χ0n) is 18.8. The van der Waals surface area contributed by atoms with Gasteiger partial charge in [-0.15, -0.1) is 0 Å². The van der Waals surface area contributed by atoms with Gasteiger partial charge in [0.2, 0.25) is 5.91 Å². The molecule has 0 saturated carbocycles. The number of carbonyl (C=O) groups excluding carboxylic acids is 2. The van der Waals surface area contributed by atoms with Gasteiger partial charge in [-0.1, -0.05) is 51.1 Å². The van der Waals surface area contributed by atoms with Gasteiger partial charge in [-0.2, -0.15) is 0 Å². The summed E-state index contributed by atoms with van der Waals surface area (Å²) in [6.07, 6.45) is 0.977. The number of hydrogen-bond donors (Lipinski definition) is 1. The van der Waals surface area contributed by atoms with Crippen molar-refractivity contribution in [3.8, 4) is 0 Å². The second-order valence-corrected chi connectivity index (χ2v) is 13.9. The van der Waals surface area contributed by atoms with E-state index < -0.39 is 38.9 Å². The van der Waals surface area contributed by atoms with E-state index in [1.807, 2.05) is 6.07 Å². The summed E-state index contributed by atoms with van der Waals surface area (Å²) in [5.74, 6) is -1.89. The fourth-order valence-corrected chi connectivity index (χ4v) is 4.65. The Bertz CT molecular complexity index is 845. The SMILES string of the molecule is CC(=O)N1C=C(c2ccccc2)N(CC(=O)O)C(=O)C1C(C)O[Si](C)(C)C(C)(C)C. The molecule has 8 heteroatoms. The topological polar surface area (TPSA) is 87.2 Å². The second kappa shape index (κ2) is 8.73. The molecule has 30 heavy (non-hydrogen) atoms. The fourth-order valence-electron chi connectivity index (χ4n) is 3.24. The van der Waals surface area contributed by atoms with Crippen LogP contribution in [-0.4, -0.2) is 59.7 Å². The first kappa shape index (κ1) is 23.8. The van der Waals surface area contributed by atoms with Crippen LogP contribution in [-0.2, 0) is 18.8 Å². The fraction of sp³-hybridized carbons (Fsp3) is 0.500. The summed E-state index contributed by atoms with van der Waals surface area (Å²) in [7, 11) is -2.23. The molecule has 2 rings (SSSR count). The van der Waals surface area contributed by atoms with Crippen molar-refractivity contribution < 1.29 is 23.9 Å². The molecule has 1 aliphatic heterocycles. The molecule has 2 atom stereocenters. The normalized spacial score (nSPS) is 18.8. The van der Waals surface area contributed by atoms with E-state index in [4.69, 9.17) is 4.43 Å². The van der Waals surface area contributed by atoms with Gasteiger partial charge in [0.05, 0.1) is 11.8 Å². The van der Waals surface area contributed by atoms with Crippen LogP contribution < -0.4 is 0 Å². The monoisotopic (exact) mass is 432 g/mol. The van der Waals surface area contributed by atoms with Crippen molar-refractivity contribution in [1.82, 2.24) is 9.80 Å². The van der Waals surface area contributed by atoms with Crippen LogP contribution in [0.2, 0.25) is 18.1 Å². The summed E-state index contributed by atoms with van der Waals surface area (Å²) < 4.78 is 6.41. The molecular weight excluding hydrogens is 400 g/mol. The Balaban J connectivity index is 2.53. The van der Waals surface area contributed by atoms with Crippen LogP contribution in [0.3, 0.4) is 0 Å². The highest BCUT2D eigenvalue weighted by Crippen LogP contribution is 2.38. The first-order chi connectivity index (χ1) is 13.8. The minimum Gasteiger partial charge on any atom is -0.480 e. The van der Waals surface area contributed by atoms with Gasteiger partial charge in [0.15, 0.2) is 8.32 Å². The number of carbonyl (C=O) groups is 3. The van der Waals surface area contributed by atoms with Crippen molar-refractivity contribution in [3.05, 3.63) is 42.1 Å². The smallest absolute Gasteiger partial charge is 0.323 e. The van der Waals surface area contributed by atoms with Crippen molar-refractivity contribution in [2.75, 3.05) is 6.54 Å². The molecule has 0 radical (unpaired) electrons. The summed E-state index contributed by atoms with van der Waals surface area (Å²) >= 11 is 0. The third kappa shape index (κ3) is 4.99. The summed E-state index contributed by atoms with van der Waals surface area (Å²) in [5, 5.41) is 9.34. The maximum Gasteiger partial charge on any atom is 0.323 e. The van der Waals surface area contributed by atoms with Crippen molar-refractivity contribution in [2.45, 2.75) is 64.9 Å². The van der Waals surface area contributed by atoms with Crippen LogP contribution in [0.4, 0.5) is 0 Å². The number of amides is 2. The molecule has 7 nitrogen and oxygen atoms in total. The van der Waals surface area contributed by atoms with E-state index in [2.05, 4.69) is 33.9 Å². The Kier molecular flexibility index (Phi) is 6.93. The lowest BCUT2D eigenvalue weighted by Crippen LogP contribution is -2.59. The average molecular weight is 433 g/mol. The highest BCUT2D eigenvalue weighted by molar-refractivity contribution is 6.74. The van der Waals surface area contributed by atoms with Gasteiger partial charge >= 0.3 is 5.97 Å². The molecule has 1 N–H and O–H groups in total. The Labute approximate surface area is 179 Å². The molecule has 0 aliphatic carbocycles. The molecular formula is C22H32N2O5Si. The van der Waals surface area contributed by atoms with E-state index in [9.17, 15) is 19.5 Å². The highest BCUT2D eigenvalue weighted by Gasteiger charge is 2.46. The zero-order valence-corrected chi connectivity index (χ0v) is 19.8. The highest BCUT2D eigenvalue weighted by atomic mass is 28.4. The van der Waals surface area contributed by atoms with E-state index >= 15 is 0 Å². The van der Waals surface area contributed by atoms with E-state index in [-0.39, 0.29) is 10.9 Å². The molecule has 1 aromatic rings. The maximum absolute atomic E-state index is 13.5. The standard InChI is InChI=1S/C22H32N2O5Si/c1-15(29-30(6,7)22(3,4)5)20-21(28)24(14-19(26)27)18(13-23(20)16(2)25)17-11-9-8-10-12-17/h8-13,15,20H,14H2,1-7H3,(H,26,27). The third-order valence-corrected chi connectivity index (χ3v) is 10.4. The van der Waals surface area contributed by atoms with Crippen LogP contribution in [0.25, 0.3) is 5.70 Å². The van der Waals surface area contributed by atoms with Gasteiger partial charge < -0.3 is 14.4 Å². The molecule has 2 amide bonds. The van der Waals surface area contributed by atoms with Gasteiger partial charge in [0.1, 0.15) is 12.6 Å². The lowest BCUT2D eigenvalue weighted by molar-refractivity contribution is -0.149. The van der Waals surface area contributed by atoms with Gasteiger partial charge in [-0.05, 0) is 30.6 Å². The number of carboxylic acid groups (broad SMARTS) is 1. The molecule has 0 saturated heterocycles. The molecule has 1 aliphatic rings. The predicted molar refractivity (Wildman–Crippen MR) is 118 cm³/mol. The number of benzene rings is 1. The third-order valence-electron chi connectivity index (χ3n) is 5.83. The van der Waals surface area contributed by atoms with Gasteiger partial charge in [-0.25, -0.2) is 0 Å². The largest absolute Gasteiger partial charge is 0.480 e. The molecule has 0 spiro atoms. The summed E-state index contributed by atoms with van der Waals surface area (Å²) in [6, 6.07) is 8.06. The zero-order chi connectivity index (χ0) is 22.9. The number of aliphatic carboxylic acids is 1. The first-order valence-electron chi connectivity index (χ1n) is 10.0. The molecule has 2 unspecified atom stereocenters. The van der Waals surface area contributed by atoms with Crippen molar-refractivity contribution >= 4 is 31.8 Å². The Hall–Kier alpha value is -2.45. The van der Waals surface area contributed by atoms with Crippen LogP contribution in [0.15, 0.2) is 36.5 Å². The van der Waals surface area contributed by atoms with Gasteiger partial charge in [0.25, 0.3) is 5.91 Å². The van der Waals surface area contributed by atoms with Crippen LogP contribution in [0.5, 0.6) is 0 Å². The molecule has 0 fully saturated rings. The Morgan fingerprint density at radius 1 is 1.20 bits per heavy atom. The molecule has 164 valence electrons. The number of nitrogens with zero attached hydrogens (tertiary/aromatic N) is 2. The summed E-state index contributed by atoms with van der Waals surface area (Å²) in [4.78, 5) is 40.1. The minimum absolute atomic E-state index is 0.0776. The number of rotatable bonds is 6. The van der Waals surface area contributed by atoms with Crippen molar-refractivity contribution in [1.29, 1.82) is 0 Å². The van der Waals surface area contributed by atoms with E-state index in [0.717, 1.165) is 0 Å². The summed E-state index contributed by atoms with van der Waals surface area (Å²) in [5.41, 5.74) is 1.05. The molecule has 1 heterocycles. The van der Waals surface area contributed by atoms with Crippen molar-refractivity contribution in [2.24, 2.45) is 0 Å². The number of hydrogen-bond acceptors (Lipinski definition) is 4. The number of carboxylic acids is 1. The Morgan fingerprint density at radius 2 is 1.77 bits per heavy atom. The lowest BCUT2D eigenvalue weighted by Gasteiger charge is -2.45. The molecule has 1 aromatic carbocycles. The summed E-state index contributed by atoms with van der Waals surface area (Å²) in [6.45, 7) is 13.1. The van der Waals surface area contributed by atoms with E-state index in [1.54, 1.807) is 37.4 Å². The lowest BCUT2D eigenvalue weighted by atomic mass is 10.0. The quantitative estimate of drug-likeness (QED) is 0.695. The molecule has 0 aromatic heterocycles. The first-order valence-corrected chi connectivity index (χ1v) is 12.9. The van der Waals surface area contributed by atoms with Gasteiger partial charge in [-0.3, -0.25) is 19.3 Å². The van der Waals surface area contributed by atoms with E-state index in [0.29, 0.717) is 11.3 Å².